The maximum atomic E-state index is 12.4. The fraction of sp³-hybridized carbons (Fsp3) is 0.462. The van der Waals surface area contributed by atoms with Crippen LogP contribution in [0.25, 0.3) is 0 Å². The molecule has 0 saturated carbocycles. The Morgan fingerprint density at radius 1 is 1.43 bits per heavy atom. The van der Waals surface area contributed by atoms with Gasteiger partial charge in [0.15, 0.2) is 0 Å². The normalized spacial score (nSPS) is 28.0. The third-order valence-corrected chi connectivity index (χ3v) is 5.95. The summed E-state index contributed by atoms with van der Waals surface area (Å²) in [5.74, 6) is 0. The molecule has 114 valence electrons. The van der Waals surface area contributed by atoms with Gasteiger partial charge in [0.1, 0.15) is 4.99 Å². The van der Waals surface area contributed by atoms with Gasteiger partial charge in [-0.25, -0.2) is 13.1 Å². The predicted octanol–water partition coefficient (Wildman–Crippen LogP) is 1.57. The Hall–Kier alpha value is -0.730. The third-order valence-electron chi connectivity index (χ3n) is 3.93. The van der Waals surface area contributed by atoms with Crippen LogP contribution in [0.4, 0.5) is 0 Å². The number of nitrogens with one attached hydrogen (secondary N) is 1. The molecule has 1 aromatic rings. The first-order chi connectivity index (χ1) is 9.87. The van der Waals surface area contributed by atoms with Crippen molar-refractivity contribution in [1.82, 2.24) is 4.72 Å². The molecule has 2 aliphatic heterocycles. The van der Waals surface area contributed by atoms with Gasteiger partial charge >= 0.3 is 0 Å². The first-order valence-corrected chi connectivity index (χ1v) is 8.91. The van der Waals surface area contributed by atoms with Gasteiger partial charge in [-0.15, -0.1) is 0 Å². The number of thiocarbonyl (C=S) groups is 1. The second kappa shape index (κ2) is 5.48. The lowest BCUT2D eigenvalue weighted by molar-refractivity contribution is 0.0996. The second-order valence-electron chi connectivity index (χ2n) is 5.34. The number of rotatable bonds is 4. The van der Waals surface area contributed by atoms with Crippen LogP contribution in [0.2, 0.25) is 5.02 Å². The number of fused-ring (bicyclic) bond motifs is 2. The van der Waals surface area contributed by atoms with Crippen molar-refractivity contribution in [2.75, 3.05) is 0 Å². The lowest BCUT2D eigenvalue weighted by Crippen LogP contribution is -2.41. The molecule has 1 aromatic carbocycles. The summed E-state index contributed by atoms with van der Waals surface area (Å²) < 4.78 is 33.2. The number of ether oxygens (including phenoxy) is 1. The Morgan fingerprint density at radius 3 is 2.71 bits per heavy atom. The molecule has 0 radical (unpaired) electrons. The van der Waals surface area contributed by atoms with E-state index in [0.29, 0.717) is 5.56 Å². The second-order valence-corrected chi connectivity index (χ2v) is 7.90. The van der Waals surface area contributed by atoms with Crippen LogP contribution in [0, 0.1) is 0 Å². The van der Waals surface area contributed by atoms with Gasteiger partial charge in [-0.3, -0.25) is 0 Å². The van der Waals surface area contributed by atoms with Gasteiger partial charge in [0.2, 0.25) is 10.0 Å². The molecule has 0 aliphatic carbocycles. The highest BCUT2D eigenvalue weighted by Crippen LogP contribution is 2.35. The summed E-state index contributed by atoms with van der Waals surface area (Å²) in [6, 6.07) is 4.18. The van der Waals surface area contributed by atoms with E-state index in [9.17, 15) is 8.42 Å². The SMILES string of the molecule is NC(=S)c1ccc(S(=O)(=O)NC2CC3CCC2O3)cc1Cl. The summed E-state index contributed by atoms with van der Waals surface area (Å²) in [6.07, 6.45) is 2.80. The van der Waals surface area contributed by atoms with Crippen LogP contribution in [-0.2, 0) is 14.8 Å². The highest BCUT2D eigenvalue weighted by atomic mass is 35.5. The Bertz CT molecular complexity index is 693. The lowest BCUT2D eigenvalue weighted by Gasteiger charge is -2.20. The topological polar surface area (TPSA) is 81.4 Å². The molecule has 2 heterocycles. The van der Waals surface area contributed by atoms with Crippen molar-refractivity contribution < 1.29 is 13.2 Å². The zero-order chi connectivity index (χ0) is 15.2. The van der Waals surface area contributed by atoms with Crippen molar-refractivity contribution >= 4 is 38.8 Å². The van der Waals surface area contributed by atoms with Gasteiger partial charge in [0, 0.05) is 5.56 Å². The van der Waals surface area contributed by atoms with Crippen molar-refractivity contribution in [3.63, 3.8) is 0 Å². The molecule has 21 heavy (non-hydrogen) atoms. The van der Waals surface area contributed by atoms with Gasteiger partial charge < -0.3 is 10.5 Å². The summed E-state index contributed by atoms with van der Waals surface area (Å²) in [7, 11) is -3.63. The van der Waals surface area contributed by atoms with Crippen molar-refractivity contribution in [3.05, 3.63) is 28.8 Å². The molecule has 8 heteroatoms. The standard InChI is InChI=1S/C13H15ClN2O3S2/c14-10-6-8(2-3-9(10)13(15)20)21(17,18)16-11-5-7-1-4-12(11)19-7/h2-3,6-7,11-12,16H,1,4-5H2,(H2,15,20). The summed E-state index contributed by atoms with van der Waals surface area (Å²) in [4.78, 5) is 0.244. The molecule has 2 aliphatic rings. The molecule has 2 bridgehead atoms. The monoisotopic (exact) mass is 346 g/mol. The van der Waals surface area contributed by atoms with Crippen LogP contribution < -0.4 is 10.5 Å². The van der Waals surface area contributed by atoms with Gasteiger partial charge in [0.25, 0.3) is 0 Å². The van der Waals surface area contributed by atoms with Crippen LogP contribution in [-0.4, -0.2) is 31.7 Å². The average Bonchev–Trinajstić information content (AvgIpc) is 2.99. The molecular formula is C13H15ClN2O3S2. The van der Waals surface area contributed by atoms with E-state index in [-0.39, 0.29) is 33.2 Å². The van der Waals surface area contributed by atoms with Gasteiger partial charge in [-0.1, -0.05) is 23.8 Å². The van der Waals surface area contributed by atoms with Crippen LogP contribution >= 0.6 is 23.8 Å². The fourth-order valence-electron chi connectivity index (χ4n) is 2.89. The number of sulfonamides is 1. The average molecular weight is 347 g/mol. The quantitative estimate of drug-likeness (QED) is 0.809. The number of hydrogen-bond acceptors (Lipinski definition) is 4. The Labute approximate surface area is 133 Å². The summed E-state index contributed by atoms with van der Waals surface area (Å²) in [5, 5.41) is 0.231. The maximum Gasteiger partial charge on any atom is 0.240 e. The predicted molar refractivity (Wildman–Crippen MR) is 84.0 cm³/mol. The van der Waals surface area contributed by atoms with E-state index in [1.807, 2.05) is 0 Å². The highest BCUT2D eigenvalue weighted by molar-refractivity contribution is 7.89. The van der Waals surface area contributed by atoms with Crippen LogP contribution in [0.1, 0.15) is 24.8 Å². The molecule has 2 fully saturated rings. The Kier molecular flexibility index (Phi) is 3.96. The molecule has 5 nitrogen and oxygen atoms in total. The maximum absolute atomic E-state index is 12.4. The van der Waals surface area contributed by atoms with Gasteiger partial charge in [0.05, 0.1) is 28.2 Å². The van der Waals surface area contributed by atoms with Crippen molar-refractivity contribution in [2.24, 2.45) is 5.73 Å². The summed E-state index contributed by atoms with van der Waals surface area (Å²) in [5.41, 5.74) is 5.98. The van der Waals surface area contributed by atoms with E-state index in [0.717, 1.165) is 19.3 Å². The van der Waals surface area contributed by atoms with E-state index in [1.165, 1.54) is 18.2 Å². The molecule has 3 rings (SSSR count). The molecule has 0 aromatic heterocycles. The summed E-state index contributed by atoms with van der Waals surface area (Å²) >= 11 is 10.9. The van der Waals surface area contributed by atoms with Crippen LogP contribution in [0.3, 0.4) is 0 Å². The Balaban J connectivity index is 1.82. The van der Waals surface area contributed by atoms with Crippen molar-refractivity contribution in [1.29, 1.82) is 0 Å². The smallest absolute Gasteiger partial charge is 0.240 e. The van der Waals surface area contributed by atoms with Gasteiger partial charge in [-0.2, -0.15) is 0 Å². The van der Waals surface area contributed by atoms with Crippen LogP contribution in [0.5, 0.6) is 0 Å². The molecule has 3 unspecified atom stereocenters. The molecule has 0 spiro atoms. The number of hydrogen-bond donors (Lipinski definition) is 2. The fourth-order valence-corrected chi connectivity index (χ4v) is 4.78. The highest BCUT2D eigenvalue weighted by Gasteiger charge is 2.42. The molecule has 3 N–H and O–H groups in total. The third kappa shape index (κ3) is 2.93. The molecule has 0 amide bonds. The minimum atomic E-state index is -3.63. The molecular weight excluding hydrogens is 332 g/mol. The minimum Gasteiger partial charge on any atom is -0.389 e. The van der Waals surface area contributed by atoms with E-state index in [4.69, 9.17) is 34.3 Å². The van der Waals surface area contributed by atoms with E-state index in [1.54, 1.807) is 0 Å². The van der Waals surface area contributed by atoms with Gasteiger partial charge in [-0.05, 0) is 37.5 Å². The Morgan fingerprint density at radius 2 is 2.19 bits per heavy atom. The van der Waals surface area contributed by atoms with E-state index in [2.05, 4.69) is 4.72 Å². The molecule has 3 atom stereocenters. The van der Waals surface area contributed by atoms with E-state index < -0.39 is 10.0 Å². The summed E-state index contributed by atoms with van der Waals surface area (Å²) in [6.45, 7) is 0. The van der Waals surface area contributed by atoms with Crippen molar-refractivity contribution in [2.45, 2.75) is 42.4 Å². The first-order valence-electron chi connectivity index (χ1n) is 6.64. The lowest BCUT2D eigenvalue weighted by atomic mass is 9.96. The molecule has 2 saturated heterocycles. The minimum absolute atomic E-state index is 0.0175. The zero-order valence-corrected chi connectivity index (χ0v) is 13.5. The van der Waals surface area contributed by atoms with E-state index >= 15 is 0 Å². The first kappa shape index (κ1) is 15.2. The largest absolute Gasteiger partial charge is 0.389 e. The number of nitrogens with two attached hydrogens (primary N) is 1. The van der Waals surface area contributed by atoms with Crippen LogP contribution in [0.15, 0.2) is 23.1 Å². The number of halogens is 1. The number of benzene rings is 1. The van der Waals surface area contributed by atoms with Crippen molar-refractivity contribution in [3.8, 4) is 0 Å². The zero-order valence-electron chi connectivity index (χ0n) is 11.1.